The molecule has 0 atom stereocenters. The standard InChI is InChI=1S/C5H5ClN4O2/c1-7-5-3(10(11)12)4(6)8-2-9-5/h2H,1H3,(H,7,8,9). The van der Waals surface area contributed by atoms with Crippen LogP contribution in [-0.4, -0.2) is 21.9 Å². The van der Waals surface area contributed by atoms with E-state index < -0.39 is 4.92 Å². The first-order valence-electron chi connectivity index (χ1n) is 2.99. The molecule has 0 aliphatic carbocycles. The first-order chi connectivity index (χ1) is 5.66. The number of nitro groups is 1. The molecule has 0 spiro atoms. The molecule has 0 bridgehead atoms. The van der Waals surface area contributed by atoms with Gasteiger partial charge in [-0.2, -0.15) is 0 Å². The molecular weight excluding hydrogens is 184 g/mol. The van der Waals surface area contributed by atoms with E-state index >= 15 is 0 Å². The van der Waals surface area contributed by atoms with Crippen LogP contribution < -0.4 is 5.32 Å². The quantitative estimate of drug-likeness (QED) is 0.427. The Morgan fingerprint density at radius 2 is 2.33 bits per heavy atom. The highest BCUT2D eigenvalue weighted by Crippen LogP contribution is 2.27. The van der Waals surface area contributed by atoms with Crippen molar-refractivity contribution in [2.24, 2.45) is 0 Å². The second-order valence-electron chi connectivity index (χ2n) is 1.87. The largest absolute Gasteiger partial charge is 0.367 e. The summed E-state index contributed by atoms with van der Waals surface area (Å²) in [5.74, 6) is 0.111. The minimum atomic E-state index is -0.631. The van der Waals surface area contributed by atoms with E-state index in [1.807, 2.05) is 0 Å². The van der Waals surface area contributed by atoms with E-state index in [2.05, 4.69) is 15.3 Å². The summed E-state index contributed by atoms with van der Waals surface area (Å²) in [4.78, 5) is 16.9. The Balaban J connectivity index is 3.29. The third-order valence-electron chi connectivity index (χ3n) is 1.20. The van der Waals surface area contributed by atoms with Gasteiger partial charge in [0.2, 0.25) is 11.0 Å². The summed E-state index contributed by atoms with van der Waals surface area (Å²) in [7, 11) is 1.52. The van der Waals surface area contributed by atoms with E-state index in [-0.39, 0.29) is 16.7 Å². The number of rotatable bonds is 2. The molecule has 1 heterocycles. The lowest BCUT2D eigenvalue weighted by atomic mass is 10.5. The Labute approximate surface area is 72.7 Å². The zero-order valence-electron chi connectivity index (χ0n) is 6.11. The summed E-state index contributed by atoms with van der Waals surface area (Å²) in [5.41, 5.74) is -0.304. The van der Waals surface area contributed by atoms with Crippen molar-refractivity contribution in [2.75, 3.05) is 12.4 Å². The number of hydrogen-bond acceptors (Lipinski definition) is 5. The van der Waals surface area contributed by atoms with Gasteiger partial charge in [0.25, 0.3) is 0 Å². The van der Waals surface area contributed by atoms with Crippen LogP contribution in [0.25, 0.3) is 0 Å². The van der Waals surface area contributed by atoms with Crippen LogP contribution in [0.5, 0.6) is 0 Å². The fourth-order valence-electron chi connectivity index (χ4n) is 0.702. The van der Waals surface area contributed by atoms with Gasteiger partial charge in [-0.1, -0.05) is 11.6 Å². The summed E-state index contributed by atoms with van der Waals surface area (Å²) in [6.45, 7) is 0. The molecule has 0 radical (unpaired) electrons. The van der Waals surface area contributed by atoms with Crippen LogP contribution in [-0.2, 0) is 0 Å². The number of hydrogen-bond donors (Lipinski definition) is 1. The molecule has 0 aliphatic rings. The van der Waals surface area contributed by atoms with Crippen molar-refractivity contribution >= 4 is 23.1 Å². The monoisotopic (exact) mass is 188 g/mol. The van der Waals surface area contributed by atoms with Gasteiger partial charge >= 0.3 is 5.69 Å². The van der Waals surface area contributed by atoms with Gasteiger partial charge in [-0.05, 0) is 0 Å². The third kappa shape index (κ3) is 1.42. The first-order valence-corrected chi connectivity index (χ1v) is 3.37. The Bertz CT molecular complexity index is 316. The molecule has 0 fully saturated rings. The van der Waals surface area contributed by atoms with E-state index in [4.69, 9.17) is 11.6 Å². The van der Waals surface area contributed by atoms with E-state index in [0.29, 0.717) is 0 Å². The second-order valence-corrected chi connectivity index (χ2v) is 2.23. The summed E-state index contributed by atoms with van der Waals surface area (Å²) in [6, 6.07) is 0. The Morgan fingerprint density at radius 1 is 1.67 bits per heavy atom. The Hall–Kier alpha value is -1.43. The highest BCUT2D eigenvalue weighted by atomic mass is 35.5. The van der Waals surface area contributed by atoms with Crippen molar-refractivity contribution in [3.8, 4) is 0 Å². The molecular formula is C5H5ClN4O2. The van der Waals surface area contributed by atoms with Gasteiger partial charge in [-0.15, -0.1) is 0 Å². The van der Waals surface area contributed by atoms with Gasteiger partial charge < -0.3 is 5.32 Å². The number of aromatic nitrogens is 2. The average Bonchev–Trinajstić information content (AvgIpc) is 2.03. The smallest absolute Gasteiger partial charge is 0.348 e. The highest BCUT2D eigenvalue weighted by Gasteiger charge is 2.19. The summed E-state index contributed by atoms with van der Waals surface area (Å²) < 4.78 is 0. The lowest BCUT2D eigenvalue weighted by Crippen LogP contribution is -2.00. The van der Waals surface area contributed by atoms with Crippen LogP contribution in [0, 0.1) is 10.1 Å². The van der Waals surface area contributed by atoms with Crippen LogP contribution in [0.4, 0.5) is 11.5 Å². The SMILES string of the molecule is CNc1ncnc(Cl)c1[N+](=O)[O-]. The minimum absolute atomic E-state index is 0.111. The van der Waals surface area contributed by atoms with Crippen LogP contribution in [0.15, 0.2) is 6.33 Å². The zero-order chi connectivity index (χ0) is 9.14. The number of anilines is 1. The van der Waals surface area contributed by atoms with E-state index in [1.54, 1.807) is 0 Å². The molecule has 6 nitrogen and oxygen atoms in total. The van der Waals surface area contributed by atoms with E-state index in [0.717, 1.165) is 6.33 Å². The van der Waals surface area contributed by atoms with Crippen LogP contribution in [0.2, 0.25) is 5.15 Å². The lowest BCUT2D eigenvalue weighted by molar-refractivity contribution is -0.384. The third-order valence-corrected chi connectivity index (χ3v) is 1.47. The van der Waals surface area contributed by atoms with Crippen molar-refractivity contribution in [2.45, 2.75) is 0 Å². The first kappa shape index (κ1) is 8.66. The maximum Gasteiger partial charge on any atom is 0.348 e. The molecule has 0 saturated carbocycles. The van der Waals surface area contributed by atoms with Gasteiger partial charge in [-0.25, -0.2) is 9.97 Å². The number of nitrogens with one attached hydrogen (secondary N) is 1. The minimum Gasteiger partial charge on any atom is -0.367 e. The van der Waals surface area contributed by atoms with Gasteiger partial charge in [0, 0.05) is 7.05 Å². The van der Waals surface area contributed by atoms with Crippen molar-refractivity contribution < 1.29 is 4.92 Å². The van der Waals surface area contributed by atoms with Gasteiger partial charge in [0.1, 0.15) is 6.33 Å². The Kier molecular flexibility index (Phi) is 2.39. The summed E-state index contributed by atoms with van der Waals surface area (Å²) in [6.07, 6.45) is 1.15. The maximum absolute atomic E-state index is 10.4. The highest BCUT2D eigenvalue weighted by molar-refractivity contribution is 6.31. The van der Waals surface area contributed by atoms with Crippen LogP contribution in [0.1, 0.15) is 0 Å². The molecule has 1 aromatic rings. The van der Waals surface area contributed by atoms with Crippen molar-refractivity contribution in [3.63, 3.8) is 0 Å². The second kappa shape index (κ2) is 3.31. The maximum atomic E-state index is 10.4. The van der Waals surface area contributed by atoms with Crippen molar-refractivity contribution in [1.82, 2.24) is 9.97 Å². The molecule has 1 aromatic heterocycles. The molecule has 0 aliphatic heterocycles. The van der Waals surface area contributed by atoms with Crippen molar-refractivity contribution in [1.29, 1.82) is 0 Å². The van der Waals surface area contributed by atoms with E-state index in [9.17, 15) is 10.1 Å². The molecule has 0 unspecified atom stereocenters. The van der Waals surface area contributed by atoms with Crippen LogP contribution in [0.3, 0.4) is 0 Å². The normalized spacial score (nSPS) is 9.50. The molecule has 1 N–H and O–H groups in total. The number of nitrogens with zero attached hydrogens (tertiary/aromatic N) is 3. The predicted molar refractivity (Wildman–Crippen MR) is 43.2 cm³/mol. The van der Waals surface area contributed by atoms with E-state index in [1.165, 1.54) is 7.05 Å². The lowest BCUT2D eigenvalue weighted by Gasteiger charge is -1.99. The molecule has 0 amide bonds. The fourth-order valence-corrected chi connectivity index (χ4v) is 0.904. The molecule has 0 aromatic carbocycles. The molecule has 0 saturated heterocycles. The summed E-state index contributed by atoms with van der Waals surface area (Å²) in [5, 5.41) is 12.8. The van der Waals surface area contributed by atoms with Crippen LogP contribution >= 0.6 is 11.6 Å². The molecule has 1 rings (SSSR count). The number of halogens is 1. The van der Waals surface area contributed by atoms with Gasteiger partial charge in [-0.3, -0.25) is 10.1 Å². The van der Waals surface area contributed by atoms with Gasteiger partial charge in [0.05, 0.1) is 4.92 Å². The van der Waals surface area contributed by atoms with Crippen molar-refractivity contribution in [3.05, 3.63) is 21.6 Å². The molecule has 7 heteroatoms. The predicted octanol–water partition coefficient (Wildman–Crippen LogP) is 1.08. The van der Waals surface area contributed by atoms with Gasteiger partial charge in [0.15, 0.2) is 0 Å². The average molecular weight is 189 g/mol. The Morgan fingerprint density at radius 3 is 2.75 bits per heavy atom. The molecule has 64 valence electrons. The topological polar surface area (TPSA) is 81.0 Å². The zero-order valence-corrected chi connectivity index (χ0v) is 6.87. The summed E-state index contributed by atoms with van der Waals surface area (Å²) >= 11 is 5.47. The molecule has 12 heavy (non-hydrogen) atoms. The fraction of sp³-hybridized carbons (Fsp3) is 0.200.